The van der Waals surface area contributed by atoms with Crippen LogP contribution >= 0.6 is 0 Å². The Balaban J connectivity index is 1.24. The number of aromatic nitrogens is 4. The van der Waals surface area contributed by atoms with Gasteiger partial charge in [0.25, 0.3) is 0 Å². The molecule has 5 aromatic rings. The van der Waals surface area contributed by atoms with Gasteiger partial charge in [0.1, 0.15) is 23.1 Å². The lowest BCUT2D eigenvalue weighted by atomic mass is 10.00. The number of benzene rings is 3. The largest absolute Gasteiger partial charge is 0.457 e. The Kier molecular flexibility index (Phi) is 4.24. The van der Waals surface area contributed by atoms with Gasteiger partial charge in [-0.25, -0.2) is 9.97 Å². The molecule has 4 heterocycles. The summed E-state index contributed by atoms with van der Waals surface area (Å²) in [6.07, 6.45) is 8.11. The Labute approximate surface area is 198 Å². The van der Waals surface area contributed by atoms with Gasteiger partial charge in [-0.2, -0.15) is 0 Å². The summed E-state index contributed by atoms with van der Waals surface area (Å²) < 4.78 is 10.8. The van der Waals surface area contributed by atoms with Gasteiger partial charge in [0.05, 0.1) is 5.69 Å². The van der Waals surface area contributed by atoms with Crippen molar-refractivity contribution in [2.45, 2.75) is 32.9 Å². The molecule has 2 aliphatic rings. The Hall–Kier alpha value is -4.12. The molecule has 0 aliphatic carbocycles. The van der Waals surface area contributed by atoms with Crippen molar-refractivity contribution in [1.82, 2.24) is 19.1 Å². The summed E-state index contributed by atoms with van der Waals surface area (Å²) in [5, 5.41) is 0. The maximum absolute atomic E-state index is 6.35. The zero-order chi connectivity index (χ0) is 22.6. The number of hydrogen-bond donors (Lipinski definition) is 0. The zero-order valence-electron chi connectivity index (χ0n) is 19.0. The highest BCUT2D eigenvalue weighted by atomic mass is 16.5. The molecule has 2 aliphatic heterocycles. The van der Waals surface area contributed by atoms with E-state index >= 15 is 0 Å². The zero-order valence-corrected chi connectivity index (χ0v) is 19.0. The molecule has 0 saturated heterocycles. The van der Waals surface area contributed by atoms with E-state index in [9.17, 15) is 0 Å². The highest BCUT2D eigenvalue weighted by Crippen LogP contribution is 2.37. The molecule has 166 valence electrons. The number of rotatable bonds is 3. The Morgan fingerprint density at radius 3 is 2.24 bits per heavy atom. The predicted molar refractivity (Wildman–Crippen MR) is 133 cm³/mol. The van der Waals surface area contributed by atoms with Gasteiger partial charge < -0.3 is 13.9 Å². The summed E-state index contributed by atoms with van der Waals surface area (Å²) in [7, 11) is 0. The van der Waals surface area contributed by atoms with Crippen molar-refractivity contribution < 1.29 is 4.74 Å². The molecule has 7 rings (SSSR count). The maximum atomic E-state index is 6.35. The van der Waals surface area contributed by atoms with Gasteiger partial charge in [-0.3, -0.25) is 0 Å². The Bertz CT molecular complexity index is 1560. The lowest BCUT2D eigenvalue weighted by Crippen LogP contribution is -2.10. The highest BCUT2D eigenvalue weighted by molar-refractivity contribution is 5.71. The molecule has 34 heavy (non-hydrogen) atoms. The fourth-order valence-electron chi connectivity index (χ4n) is 5.23. The lowest BCUT2D eigenvalue weighted by molar-refractivity contribution is 0.482. The molecular formula is C29H24N4O. The summed E-state index contributed by atoms with van der Waals surface area (Å²) in [6, 6.07) is 21.2. The van der Waals surface area contributed by atoms with Gasteiger partial charge in [-0.05, 0) is 60.7 Å². The lowest BCUT2D eigenvalue weighted by Gasteiger charge is -2.20. The van der Waals surface area contributed by atoms with Crippen LogP contribution in [-0.2, 0) is 25.9 Å². The third kappa shape index (κ3) is 3.08. The van der Waals surface area contributed by atoms with Gasteiger partial charge in [0.15, 0.2) is 0 Å². The van der Waals surface area contributed by atoms with Crippen molar-refractivity contribution in [2.24, 2.45) is 0 Å². The third-order valence-electron chi connectivity index (χ3n) is 7.04. The smallest absolute Gasteiger partial charge is 0.141 e. The number of imidazole rings is 2. The Morgan fingerprint density at radius 1 is 0.765 bits per heavy atom. The molecule has 0 N–H and O–H groups in total. The first-order valence-corrected chi connectivity index (χ1v) is 11.8. The van der Waals surface area contributed by atoms with Crippen molar-refractivity contribution in [1.29, 1.82) is 0 Å². The van der Waals surface area contributed by atoms with Crippen LogP contribution in [0, 0.1) is 6.92 Å². The molecule has 5 heteroatoms. The normalized spacial score (nSPS) is 13.6. The van der Waals surface area contributed by atoms with E-state index in [1.165, 1.54) is 22.3 Å². The molecule has 0 fully saturated rings. The van der Waals surface area contributed by atoms with Crippen LogP contribution in [0.25, 0.3) is 34.0 Å². The summed E-state index contributed by atoms with van der Waals surface area (Å²) >= 11 is 0. The summed E-state index contributed by atoms with van der Waals surface area (Å²) in [5.74, 6) is 3.68. The van der Waals surface area contributed by atoms with Crippen molar-refractivity contribution >= 4 is 0 Å². The quantitative estimate of drug-likeness (QED) is 0.328. The second-order valence-electron chi connectivity index (χ2n) is 9.14. The highest BCUT2D eigenvalue weighted by Gasteiger charge is 2.21. The van der Waals surface area contributed by atoms with Crippen LogP contribution in [0.5, 0.6) is 11.5 Å². The van der Waals surface area contributed by atoms with Crippen LogP contribution in [0.1, 0.15) is 16.7 Å². The molecule has 0 spiro atoms. The van der Waals surface area contributed by atoms with Crippen LogP contribution < -0.4 is 4.74 Å². The van der Waals surface area contributed by atoms with Crippen molar-refractivity contribution in [2.75, 3.05) is 0 Å². The second kappa shape index (κ2) is 7.45. The average Bonchev–Trinajstić information content (AvgIpc) is 3.52. The number of ether oxygens (including phenoxy) is 1. The van der Waals surface area contributed by atoms with Crippen LogP contribution in [0.2, 0.25) is 0 Å². The van der Waals surface area contributed by atoms with Gasteiger partial charge in [0.2, 0.25) is 0 Å². The number of aryl methyl sites for hydroxylation is 5. The first kappa shape index (κ1) is 19.4. The summed E-state index contributed by atoms with van der Waals surface area (Å²) in [6.45, 7) is 4.06. The first-order valence-electron chi connectivity index (χ1n) is 11.8. The number of hydrogen-bond acceptors (Lipinski definition) is 3. The van der Waals surface area contributed by atoms with Crippen molar-refractivity contribution in [3.63, 3.8) is 0 Å². The molecule has 0 unspecified atom stereocenters. The van der Waals surface area contributed by atoms with Gasteiger partial charge >= 0.3 is 0 Å². The van der Waals surface area contributed by atoms with Crippen LogP contribution in [0.3, 0.4) is 0 Å². The monoisotopic (exact) mass is 444 g/mol. The van der Waals surface area contributed by atoms with Gasteiger partial charge in [-0.1, -0.05) is 36.4 Å². The molecular weight excluding hydrogens is 420 g/mol. The van der Waals surface area contributed by atoms with E-state index in [2.05, 4.69) is 87.9 Å². The second-order valence-corrected chi connectivity index (χ2v) is 9.14. The molecule has 5 nitrogen and oxygen atoms in total. The minimum absolute atomic E-state index is 0.826. The minimum Gasteiger partial charge on any atom is -0.457 e. The topological polar surface area (TPSA) is 44.9 Å². The van der Waals surface area contributed by atoms with E-state index in [-0.39, 0.29) is 0 Å². The standard InChI is InChI=1S/C29H24N4O/c1-19-4-2-3-5-24(19)27-18-33-14-11-21-7-9-23(17-26(21)29(33)31-27)34-22-8-6-20-10-13-32-15-12-30-28(32)25(20)16-22/h2-9,12,15-18H,10-11,13-14H2,1H3. The van der Waals surface area contributed by atoms with E-state index in [0.29, 0.717) is 0 Å². The average molecular weight is 445 g/mol. The van der Waals surface area contributed by atoms with E-state index in [0.717, 1.165) is 65.9 Å². The van der Waals surface area contributed by atoms with Gasteiger partial charge in [0, 0.05) is 48.4 Å². The van der Waals surface area contributed by atoms with Crippen LogP contribution in [-0.4, -0.2) is 19.1 Å². The molecule has 0 saturated carbocycles. The van der Waals surface area contributed by atoms with E-state index in [1.807, 2.05) is 12.4 Å². The molecule has 0 radical (unpaired) electrons. The Morgan fingerprint density at radius 2 is 1.47 bits per heavy atom. The fourth-order valence-corrected chi connectivity index (χ4v) is 5.23. The van der Waals surface area contributed by atoms with E-state index < -0.39 is 0 Å². The third-order valence-corrected chi connectivity index (χ3v) is 7.04. The van der Waals surface area contributed by atoms with Crippen molar-refractivity contribution in [3.05, 3.63) is 95.9 Å². The molecule has 0 atom stereocenters. The van der Waals surface area contributed by atoms with Crippen molar-refractivity contribution in [3.8, 4) is 45.5 Å². The maximum Gasteiger partial charge on any atom is 0.141 e. The first-order chi connectivity index (χ1) is 16.7. The van der Waals surface area contributed by atoms with E-state index in [1.54, 1.807) is 0 Å². The molecule has 0 amide bonds. The fraction of sp³-hybridized carbons (Fsp3) is 0.172. The van der Waals surface area contributed by atoms with Crippen LogP contribution in [0.4, 0.5) is 0 Å². The van der Waals surface area contributed by atoms with Gasteiger partial charge in [-0.15, -0.1) is 0 Å². The molecule has 3 aromatic carbocycles. The molecule has 0 bridgehead atoms. The predicted octanol–water partition coefficient (Wildman–Crippen LogP) is 6.29. The number of fused-ring (bicyclic) bond motifs is 6. The molecule has 2 aromatic heterocycles. The number of nitrogens with zero attached hydrogens (tertiary/aromatic N) is 4. The minimum atomic E-state index is 0.826. The summed E-state index contributed by atoms with van der Waals surface area (Å²) in [4.78, 5) is 9.60. The van der Waals surface area contributed by atoms with Crippen LogP contribution in [0.15, 0.2) is 79.3 Å². The SMILES string of the molecule is Cc1ccccc1-c1cn2c(n1)-c1cc(Oc3ccc4c(c3)-c3nccn3CC4)ccc1CC2. The summed E-state index contributed by atoms with van der Waals surface area (Å²) in [5.41, 5.74) is 8.39. The van der Waals surface area contributed by atoms with E-state index in [4.69, 9.17) is 9.72 Å².